The summed E-state index contributed by atoms with van der Waals surface area (Å²) in [5.74, 6) is -2.38. The molecule has 1 aliphatic rings. The molecular formula is C15H18NO8+. The third kappa shape index (κ3) is 3.87. The molecule has 0 radical (unpaired) electrons. The van der Waals surface area contributed by atoms with Crippen molar-refractivity contribution >= 4 is 17.9 Å². The monoisotopic (exact) mass is 340 g/mol. The summed E-state index contributed by atoms with van der Waals surface area (Å²) in [5, 5.41) is 18.5. The van der Waals surface area contributed by atoms with E-state index in [4.69, 9.17) is 19.3 Å². The Bertz CT molecular complexity index is 646. The average molecular weight is 340 g/mol. The van der Waals surface area contributed by atoms with Crippen molar-refractivity contribution in [2.24, 2.45) is 0 Å². The summed E-state index contributed by atoms with van der Waals surface area (Å²) in [5.41, 5.74) is -0.000778. The summed E-state index contributed by atoms with van der Waals surface area (Å²) in [6.07, 6.45) is -1.08. The maximum atomic E-state index is 11.4. The zero-order chi connectivity index (χ0) is 17.9. The van der Waals surface area contributed by atoms with E-state index in [0.29, 0.717) is 0 Å². The molecule has 2 rings (SSSR count). The minimum atomic E-state index is -1.14. The van der Waals surface area contributed by atoms with Gasteiger partial charge in [-0.2, -0.15) is 4.57 Å². The lowest BCUT2D eigenvalue weighted by molar-refractivity contribution is -0.765. The number of aliphatic hydroxyl groups excluding tert-OH is 1. The third-order valence-corrected chi connectivity index (χ3v) is 3.43. The normalized spacial score (nSPS) is 26.0. The molecule has 2 N–H and O–H groups in total. The van der Waals surface area contributed by atoms with Crippen molar-refractivity contribution < 1.29 is 43.4 Å². The Hall–Kier alpha value is -2.52. The number of aromatic nitrogens is 1. The molecule has 0 aromatic carbocycles. The van der Waals surface area contributed by atoms with Gasteiger partial charge in [0, 0.05) is 19.9 Å². The van der Waals surface area contributed by atoms with Crippen LogP contribution in [0, 0.1) is 0 Å². The van der Waals surface area contributed by atoms with Gasteiger partial charge in [0.05, 0.1) is 6.61 Å². The summed E-state index contributed by atoms with van der Waals surface area (Å²) < 4.78 is 17.3. The fourth-order valence-electron chi connectivity index (χ4n) is 2.52. The first kappa shape index (κ1) is 17.8. The van der Waals surface area contributed by atoms with Crippen LogP contribution >= 0.6 is 0 Å². The van der Waals surface area contributed by atoms with E-state index in [0.717, 1.165) is 0 Å². The Morgan fingerprint density at radius 3 is 2.38 bits per heavy atom. The molecule has 1 aromatic heterocycles. The van der Waals surface area contributed by atoms with Gasteiger partial charge in [-0.15, -0.1) is 0 Å². The molecule has 24 heavy (non-hydrogen) atoms. The van der Waals surface area contributed by atoms with Crippen molar-refractivity contribution in [1.82, 2.24) is 0 Å². The highest BCUT2D eigenvalue weighted by Gasteiger charge is 2.54. The molecule has 0 spiro atoms. The molecule has 1 fully saturated rings. The molecule has 130 valence electrons. The van der Waals surface area contributed by atoms with Crippen LogP contribution in [0.25, 0.3) is 0 Å². The van der Waals surface area contributed by atoms with Gasteiger partial charge < -0.3 is 24.4 Å². The maximum absolute atomic E-state index is 11.4. The Labute approximate surface area is 137 Å². The van der Waals surface area contributed by atoms with Crippen LogP contribution in [0.15, 0.2) is 24.5 Å². The van der Waals surface area contributed by atoms with Gasteiger partial charge in [0.2, 0.25) is 6.10 Å². The number of carboxylic acids is 1. The van der Waals surface area contributed by atoms with Crippen LogP contribution in [-0.4, -0.2) is 53.0 Å². The number of hydrogen-bond donors (Lipinski definition) is 2. The highest BCUT2D eigenvalue weighted by atomic mass is 16.6. The number of aliphatic hydroxyl groups is 1. The number of rotatable bonds is 5. The van der Waals surface area contributed by atoms with Gasteiger partial charge in [0.1, 0.15) is 11.7 Å². The van der Waals surface area contributed by atoms with E-state index in [-0.39, 0.29) is 5.56 Å². The first-order valence-corrected chi connectivity index (χ1v) is 7.18. The van der Waals surface area contributed by atoms with Gasteiger partial charge >= 0.3 is 24.1 Å². The quantitative estimate of drug-likeness (QED) is 0.539. The fourth-order valence-corrected chi connectivity index (χ4v) is 2.52. The molecule has 1 saturated heterocycles. The summed E-state index contributed by atoms with van der Waals surface area (Å²) in [6, 6.07) is 2.88. The number of carbonyl (C=O) groups is 3. The van der Waals surface area contributed by atoms with Gasteiger partial charge in [0.25, 0.3) is 0 Å². The number of aromatic carboxylic acids is 1. The Morgan fingerprint density at radius 1 is 1.21 bits per heavy atom. The van der Waals surface area contributed by atoms with Crippen LogP contribution in [0.4, 0.5) is 0 Å². The molecule has 0 amide bonds. The lowest BCUT2D eigenvalue weighted by atomic mass is 10.1. The average Bonchev–Trinajstić information content (AvgIpc) is 2.84. The van der Waals surface area contributed by atoms with Crippen molar-refractivity contribution in [2.45, 2.75) is 38.4 Å². The molecule has 1 aliphatic heterocycles. The molecule has 1 unspecified atom stereocenters. The predicted octanol–water partition coefficient (Wildman–Crippen LogP) is -0.575. The van der Waals surface area contributed by atoms with Crippen molar-refractivity contribution in [3.05, 3.63) is 30.1 Å². The molecule has 9 nitrogen and oxygen atoms in total. The van der Waals surface area contributed by atoms with Crippen molar-refractivity contribution in [1.29, 1.82) is 0 Å². The zero-order valence-electron chi connectivity index (χ0n) is 13.1. The van der Waals surface area contributed by atoms with Crippen molar-refractivity contribution in [3.8, 4) is 0 Å². The standard InChI is InChI=1S/C15H17NO8/c1-8(18)22-12-11(7-17)24-14(13(12)23-9(2)19)16-5-3-4-10(6-16)15(20)21/h3-6,11-14,17H,7H2,1-2H3/p+1/t11-,12?,13+,14-/m1/s1. The molecule has 0 aliphatic carbocycles. The fraction of sp³-hybridized carbons (Fsp3) is 0.467. The smallest absolute Gasteiger partial charge is 0.341 e. The largest absolute Gasteiger partial charge is 0.477 e. The number of nitrogens with zero attached hydrogens (tertiary/aromatic N) is 1. The van der Waals surface area contributed by atoms with Crippen LogP contribution in [0.2, 0.25) is 0 Å². The molecule has 2 heterocycles. The van der Waals surface area contributed by atoms with E-state index >= 15 is 0 Å². The molecule has 1 aromatic rings. The van der Waals surface area contributed by atoms with E-state index in [1.54, 1.807) is 0 Å². The summed E-state index contributed by atoms with van der Waals surface area (Å²) in [6.45, 7) is 1.91. The summed E-state index contributed by atoms with van der Waals surface area (Å²) in [4.78, 5) is 33.8. The lowest BCUT2D eigenvalue weighted by Crippen LogP contribution is -2.48. The SMILES string of the molecule is CC(=O)OC1[C@@H](CO)O[C@@H]([n+]2cccc(C(=O)O)c2)[C@H]1OC(C)=O. The van der Waals surface area contributed by atoms with Crippen LogP contribution < -0.4 is 4.57 Å². The van der Waals surface area contributed by atoms with Crippen LogP contribution in [-0.2, 0) is 23.8 Å². The van der Waals surface area contributed by atoms with E-state index in [1.807, 2.05) is 0 Å². The number of pyridine rings is 1. The Balaban J connectivity index is 2.38. The highest BCUT2D eigenvalue weighted by Crippen LogP contribution is 2.30. The van der Waals surface area contributed by atoms with E-state index in [2.05, 4.69) is 0 Å². The Morgan fingerprint density at radius 2 is 1.83 bits per heavy atom. The second-order valence-electron chi connectivity index (χ2n) is 5.24. The zero-order valence-corrected chi connectivity index (χ0v) is 13.1. The predicted molar refractivity (Wildman–Crippen MR) is 75.7 cm³/mol. The van der Waals surface area contributed by atoms with Crippen LogP contribution in [0.3, 0.4) is 0 Å². The maximum Gasteiger partial charge on any atom is 0.341 e. The van der Waals surface area contributed by atoms with E-state index < -0.39 is 49.1 Å². The third-order valence-electron chi connectivity index (χ3n) is 3.43. The number of ether oxygens (including phenoxy) is 3. The van der Waals surface area contributed by atoms with Crippen molar-refractivity contribution in [2.75, 3.05) is 6.61 Å². The molecule has 0 bridgehead atoms. The minimum Gasteiger partial charge on any atom is -0.477 e. The Kier molecular flexibility index (Phi) is 5.47. The highest BCUT2D eigenvalue weighted by molar-refractivity contribution is 5.86. The van der Waals surface area contributed by atoms with Crippen LogP contribution in [0.1, 0.15) is 30.4 Å². The summed E-state index contributed by atoms with van der Waals surface area (Å²) in [7, 11) is 0. The van der Waals surface area contributed by atoms with Gasteiger partial charge in [-0.25, -0.2) is 4.79 Å². The van der Waals surface area contributed by atoms with Gasteiger partial charge in [-0.1, -0.05) is 0 Å². The minimum absolute atomic E-state index is 0.000778. The van der Waals surface area contributed by atoms with Gasteiger partial charge in [0.15, 0.2) is 18.5 Å². The molecule has 0 saturated carbocycles. The van der Waals surface area contributed by atoms with Crippen LogP contribution in [0.5, 0.6) is 0 Å². The van der Waals surface area contributed by atoms with Gasteiger partial charge in [-0.3, -0.25) is 9.59 Å². The first-order chi connectivity index (χ1) is 11.3. The number of carbonyl (C=O) groups excluding carboxylic acids is 2. The van der Waals surface area contributed by atoms with E-state index in [9.17, 15) is 19.5 Å². The summed E-state index contributed by atoms with van der Waals surface area (Å²) >= 11 is 0. The topological polar surface area (TPSA) is 123 Å². The number of carboxylic acid groups (broad SMARTS) is 1. The molecule has 4 atom stereocenters. The number of esters is 2. The van der Waals surface area contributed by atoms with Crippen molar-refractivity contribution in [3.63, 3.8) is 0 Å². The first-order valence-electron chi connectivity index (χ1n) is 7.18. The molecular weight excluding hydrogens is 322 g/mol. The second kappa shape index (κ2) is 7.37. The second-order valence-corrected chi connectivity index (χ2v) is 5.24. The van der Waals surface area contributed by atoms with E-state index in [1.165, 1.54) is 42.9 Å². The number of hydrogen-bond acceptors (Lipinski definition) is 7. The lowest BCUT2D eigenvalue weighted by Gasteiger charge is -2.20. The molecule has 9 heteroatoms. The van der Waals surface area contributed by atoms with Gasteiger partial charge in [-0.05, 0) is 6.07 Å².